The van der Waals surface area contributed by atoms with Crippen LogP contribution in [0.4, 0.5) is 0 Å². The van der Waals surface area contributed by atoms with Crippen molar-refractivity contribution in [3.05, 3.63) is 88.1 Å². The quantitative estimate of drug-likeness (QED) is 0.332. The Bertz CT molecular complexity index is 1200. The molecule has 1 aliphatic rings. The van der Waals surface area contributed by atoms with Crippen molar-refractivity contribution in [2.75, 3.05) is 6.61 Å². The summed E-state index contributed by atoms with van der Waals surface area (Å²) >= 11 is 6.33. The molecule has 3 heterocycles. The zero-order chi connectivity index (χ0) is 22.8. The summed E-state index contributed by atoms with van der Waals surface area (Å²) in [5.74, 6) is -0.464. The molecule has 0 spiro atoms. The van der Waals surface area contributed by atoms with Gasteiger partial charge in [-0.15, -0.1) is 0 Å². The number of Topliss-reactive ketones (excluding diaryl/α,β-unsaturated/α-hetero) is 1. The summed E-state index contributed by atoms with van der Waals surface area (Å²) in [5, 5.41) is 11.4. The summed E-state index contributed by atoms with van der Waals surface area (Å²) < 4.78 is 11.3. The van der Waals surface area contributed by atoms with Crippen molar-refractivity contribution in [3.8, 4) is 5.75 Å². The predicted octanol–water partition coefficient (Wildman–Crippen LogP) is 4.66. The number of hydrogen-bond acceptors (Lipinski definition) is 6. The molecule has 4 rings (SSSR count). The maximum absolute atomic E-state index is 13.1. The number of aliphatic hydroxyl groups excluding tert-OH is 1. The van der Waals surface area contributed by atoms with E-state index in [2.05, 4.69) is 4.98 Å². The molecule has 1 N–H and O–H groups in total. The molecule has 1 aromatic carbocycles. The first kappa shape index (κ1) is 21.6. The Morgan fingerprint density at radius 2 is 1.94 bits per heavy atom. The van der Waals surface area contributed by atoms with Crippen LogP contribution in [0.3, 0.4) is 0 Å². The van der Waals surface area contributed by atoms with E-state index in [1.165, 1.54) is 4.90 Å². The van der Waals surface area contributed by atoms with Crippen molar-refractivity contribution in [1.29, 1.82) is 0 Å². The highest BCUT2D eigenvalue weighted by Crippen LogP contribution is 2.42. The van der Waals surface area contributed by atoms with Gasteiger partial charge in [-0.25, -0.2) is 0 Å². The van der Waals surface area contributed by atoms with Gasteiger partial charge in [-0.2, -0.15) is 0 Å². The number of rotatable bonds is 6. The summed E-state index contributed by atoms with van der Waals surface area (Å²) in [6.07, 6.45) is 3.22. The van der Waals surface area contributed by atoms with Gasteiger partial charge in [0.05, 0.1) is 17.2 Å². The van der Waals surface area contributed by atoms with Crippen LogP contribution in [-0.2, 0) is 16.1 Å². The van der Waals surface area contributed by atoms with Gasteiger partial charge in [0, 0.05) is 24.5 Å². The molecule has 0 bridgehead atoms. The first-order chi connectivity index (χ1) is 15.4. The largest absolute Gasteiger partial charge is 0.507 e. The third-order valence-electron chi connectivity index (χ3n) is 5.18. The first-order valence-electron chi connectivity index (χ1n) is 10.1. The number of aromatic nitrogens is 1. The average molecular weight is 453 g/mol. The Morgan fingerprint density at radius 1 is 1.19 bits per heavy atom. The van der Waals surface area contributed by atoms with Crippen molar-refractivity contribution in [1.82, 2.24) is 9.88 Å². The number of amides is 1. The van der Waals surface area contributed by atoms with Crippen molar-refractivity contribution in [3.63, 3.8) is 0 Å². The van der Waals surface area contributed by atoms with Gasteiger partial charge in [0.15, 0.2) is 0 Å². The molecule has 2 aromatic heterocycles. The standard InChI is InChI=1S/C24H21ClN2O5/c1-3-31-16-5-6-18(25)17(12-16)22(28)20-21(19-7-4-14(2)32-19)27(24(30)23(20)29)13-15-8-10-26-11-9-15/h4-12,21,28H,3,13H2,1-2H3/b22-20+. The number of ketones is 1. The van der Waals surface area contributed by atoms with Gasteiger partial charge >= 0.3 is 0 Å². The Labute approximate surface area is 189 Å². The predicted molar refractivity (Wildman–Crippen MR) is 118 cm³/mol. The highest BCUT2D eigenvalue weighted by atomic mass is 35.5. The minimum absolute atomic E-state index is 0.0889. The van der Waals surface area contributed by atoms with Gasteiger partial charge in [-0.05, 0) is 61.9 Å². The molecular formula is C24H21ClN2O5. The molecule has 1 amide bonds. The first-order valence-corrected chi connectivity index (χ1v) is 10.4. The van der Waals surface area contributed by atoms with Crippen molar-refractivity contribution >= 4 is 29.1 Å². The van der Waals surface area contributed by atoms with Gasteiger partial charge in [0.1, 0.15) is 29.1 Å². The summed E-state index contributed by atoms with van der Waals surface area (Å²) in [4.78, 5) is 31.5. The molecule has 8 heteroatoms. The number of furan rings is 1. The van der Waals surface area contributed by atoms with Crippen LogP contribution in [0, 0.1) is 6.92 Å². The van der Waals surface area contributed by atoms with E-state index in [-0.39, 0.29) is 28.5 Å². The van der Waals surface area contributed by atoms with Crippen molar-refractivity contribution in [2.24, 2.45) is 0 Å². The van der Waals surface area contributed by atoms with Crippen LogP contribution in [0.5, 0.6) is 5.75 Å². The monoisotopic (exact) mass is 452 g/mol. The molecule has 1 fully saturated rings. The lowest BCUT2D eigenvalue weighted by atomic mass is 9.99. The molecule has 1 aliphatic heterocycles. The summed E-state index contributed by atoms with van der Waals surface area (Å²) in [6, 6.07) is 10.8. The van der Waals surface area contributed by atoms with Crippen LogP contribution < -0.4 is 4.74 Å². The number of ether oxygens (including phenoxy) is 1. The molecule has 0 aliphatic carbocycles. The number of benzene rings is 1. The second kappa shape index (κ2) is 8.88. The van der Waals surface area contributed by atoms with Gasteiger partial charge < -0.3 is 19.2 Å². The molecule has 1 atom stereocenters. The molecule has 3 aromatic rings. The maximum atomic E-state index is 13.1. The second-order valence-corrected chi connectivity index (χ2v) is 7.71. The SMILES string of the molecule is CCOc1ccc(Cl)c(/C(O)=C2\C(=O)C(=O)N(Cc3ccncc3)C2c2ccc(C)o2)c1. The van der Waals surface area contributed by atoms with Crippen LogP contribution in [-0.4, -0.2) is 33.3 Å². The third kappa shape index (κ3) is 3.99. The fourth-order valence-electron chi connectivity index (χ4n) is 3.71. The number of carbonyl (C=O) groups excluding carboxylic acids is 2. The lowest BCUT2D eigenvalue weighted by Crippen LogP contribution is -2.29. The van der Waals surface area contributed by atoms with E-state index in [1.807, 2.05) is 6.92 Å². The number of carbonyl (C=O) groups is 2. The fourth-order valence-corrected chi connectivity index (χ4v) is 3.92. The van der Waals surface area contributed by atoms with Crippen LogP contribution in [0.2, 0.25) is 5.02 Å². The third-order valence-corrected chi connectivity index (χ3v) is 5.51. The molecule has 7 nitrogen and oxygen atoms in total. The molecule has 164 valence electrons. The minimum atomic E-state index is -0.913. The lowest BCUT2D eigenvalue weighted by molar-refractivity contribution is -0.140. The Kier molecular flexibility index (Phi) is 6.01. The molecule has 1 unspecified atom stereocenters. The summed E-state index contributed by atoms with van der Waals surface area (Å²) in [7, 11) is 0. The molecule has 1 saturated heterocycles. The average Bonchev–Trinajstić information content (AvgIpc) is 3.32. The maximum Gasteiger partial charge on any atom is 0.296 e. The summed E-state index contributed by atoms with van der Waals surface area (Å²) in [5.41, 5.74) is 0.897. The van der Waals surface area contributed by atoms with Crippen molar-refractivity contribution < 1.29 is 23.8 Å². The smallest absolute Gasteiger partial charge is 0.296 e. The normalized spacial score (nSPS) is 17.7. The van der Waals surface area contributed by atoms with Gasteiger partial charge in [-0.3, -0.25) is 14.6 Å². The number of nitrogens with zero attached hydrogens (tertiary/aromatic N) is 2. The van der Waals surface area contributed by atoms with E-state index in [0.29, 0.717) is 23.9 Å². The van der Waals surface area contributed by atoms with Gasteiger partial charge in [-0.1, -0.05) is 11.6 Å². The van der Waals surface area contributed by atoms with Crippen LogP contribution >= 0.6 is 11.6 Å². The second-order valence-electron chi connectivity index (χ2n) is 7.31. The number of hydrogen-bond donors (Lipinski definition) is 1. The Balaban J connectivity index is 1.86. The van der Waals surface area contributed by atoms with E-state index in [1.54, 1.807) is 61.8 Å². The summed E-state index contributed by atoms with van der Waals surface area (Å²) in [6.45, 7) is 4.16. The van der Waals surface area contributed by atoms with E-state index in [4.69, 9.17) is 20.8 Å². The van der Waals surface area contributed by atoms with Crippen LogP contribution in [0.25, 0.3) is 5.76 Å². The van der Waals surface area contributed by atoms with Gasteiger partial charge in [0.25, 0.3) is 11.7 Å². The molecular weight excluding hydrogens is 432 g/mol. The minimum Gasteiger partial charge on any atom is -0.507 e. The molecule has 0 saturated carbocycles. The number of halogens is 1. The van der Waals surface area contributed by atoms with Crippen LogP contribution in [0.1, 0.15) is 35.6 Å². The van der Waals surface area contributed by atoms with E-state index >= 15 is 0 Å². The Morgan fingerprint density at radius 3 is 2.59 bits per heavy atom. The van der Waals surface area contributed by atoms with E-state index in [0.717, 1.165) is 5.56 Å². The highest BCUT2D eigenvalue weighted by Gasteiger charge is 2.47. The van der Waals surface area contributed by atoms with Gasteiger partial charge in [0.2, 0.25) is 0 Å². The van der Waals surface area contributed by atoms with E-state index in [9.17, 15) is 14.7 Å². The van der Waals surface area contributed by atoms with E-state index < -0.39 is 17.7 Å². The highest BCUT2D eigenvalue weighted by molar-refractivity contribution is 6.46. The zero-order valence-electron chi connectivity index (χ0n) is 17.5. The van der Waals surface area contributed by atoms with Crippen molar-refractivity contribution in [2.45, 2.75) is 26.4 Å². The van der Waals surface area contributed by atoms with Crippen LogP contribution in [0.15, 0.2) is 64.8 Å². The number of likely N-dealkylation sites (tertiary alicyclic amines) is 1. The number of aryl methyl sites for hydroxylation is 1. The zero-order valence-corrected chi connectivity index (χ0v) is 18.3. The number of aliphatic hydroxyl groups is 1. The Hall–Kier alpha value is -3.58. The molecule has 32 heavy (non-hydrogen) atoms. The lowest BCUT2D eigenvalue weighted by Gasteiger charge is -2.23. The molecule has 0 radical (unpaired) electrons. The topological polar surface area (TPSA) is 92.9 Å². The number of pyridine rings is 1. The fraction of sp³-hybridized carbons (Fsp3) is 0.208.